The number of carboxylic acids is 4. The van der Waals surface area contributed by atoms with Gasteiger partial charge < -0.3 is 59.3 Å². The molecule has 0 unspecified atom stereocenters. The standard InChI is InChI=1S/2C13H17BrN2O2.4C2H4O2.3Mn/c2*14-12-1-2-13(17)11(9-12)10-15-3-4-16-5-7-18-8-6-16;4*1-2(3)4;;;/h2*1-2,9-10,17H,3-8H2;4*1H3,(H,3,4);;;/q;;;;;;3*+2/p-6. The summed E-state index contributed by atoms with van der Waals surface area (Å²) < 4.78 is 12.4. The average molecular weight is 1030 g/mol. The molecular weight excluding hydrogens is 981 g/mol. The number of halogens is 2. The van der Waals surface area contributed by atoms with E-state index in [1.807, 2.05) is 0 Å². The molecule has 0 saturated carbocycles. The van der Waals surface area contributed by atoms with Gasteiger partial charge in [0.15, 0.2) is 0 Å². The van der Waals surface area contributed by atoms with Gasteiger partial charge in [-0.2, -0.15) is 0 Å². The molecule has 0 spiro atoms. The van der Waals surface area contributed by atoms with E-state index in [4.69, 9.17) is 49.1 Å². The van der Waals surface area contributed by atoms with Crippen molar-refractivity contribution in [2.45, 2.75) is 27.7 Å². The maximum Gasteiger partial charge on any atom is 2.00 e. The van der Waals surface area contributed by atoms with Crippen LogP contribution in [0.4, 0.5) is 0 Å². The molecule has 0 atom stereocenters. The zero-order valence-electron chi connectivity index (χ0n) is 30.7. The van der Waals surface area contributed by atoms with Crippen LogP contribution >= 0.6 is 31.9 Å². The van der Waals surface area contributed by atoms with E-state index in [0.29, 0.717) is 24.2 Å². The van der Waals surface area contributed by atoms with Crippen molar-refractivity contribution in [3.05, 3.63) is 56.5 Å². The summed E-state index contributed by atoms with van der Waals surface area (Å²) in [4.78, 5) is 48.8. The molecule has 16 nitrogen and oxygen atoms in total. The summed E-state index contributed by atoms with van der Waals surface area (Å²) in [6.45, 7) is 14.3. The maximum absolute atomic E-state index is 11.5. The first-order valence-electron chi connectivity index (χ1n) is 15.7. The van der Waals surface area contributed by atoms with Crippen LogP contribution in [0.3, 0.4) is 0 Å². The van der Waals surface area contributed by atoms with Crippen LogP contribution in [-0.2, 0) is 79.9 Å². The summed E-state index contributed by atoms with van der Waals surface area (Å²) >= 11 is 6.69. The Hall–Kier alpha value is -2.38. The molecular formula is C34H44Br2Mn3N4O12. The van der Waals surface area contributed by atoms with Crippen LogP contribution in [0.2, 0.25) is 0 Å². The van der Waals surface area contributed by atoms with Gasteiger partial charge in [0.05, 0.1) is 39.5 Å². The monoisotopic (exact) mass is 1020 g/mol. The summed E-state index contributed by atoms with van der Waals surface area (Å²) in [5, 5.41) is 58.6. The zero-order valence-corrected chi connectivity index (χ0v) is 37.4. The van der Waals surface area contributed by atoms with Crippen LogP contribution in [0.5, 0.6) is 11.5 Å². The molecule has 2 fully saturated rings. The molecule has 0 N–H and O–H groups in total. The predicted molar refractivity (Wildman–Crippen MR) is 189 cm³/mol. The van der Waals surface area contributed by atoms with Crippen molar-refractivity contribution < 1.29 is 110 Å². The summed E-state index contributed by atoms with van der Waals surface area (Å²) in [6, 6.07) is 10.2. The molecule has 0 amide bonds. The summed E-state index contributed by atoms with van der Waals surface area (Å²) in [5.74, 6) is -4.32. The number of aliphatic imine (C=N–C) groups is 2. The number of carbonyl (C=O) groups is 4. The Morgan fingerprint density at radius 2 is 0.855 bits per heavy atom. The Balaban J connectivity index is -0.000000210. The molecule has 2 aromatic carbocycles. The van der Waals surface area contributed by atoms with Gasteiger partial charge in [-0.25, -0.2) is 0 Å². The van der Waals surface area contributed by atoms with Gasteiger partial charge in [0, 0.05) is 84.5 Å². The van der Waals surface area contributed by atoms with Gasteiger partial charge in [-0.1, -0.05) is 55.5 Å². The van der Waals surface area contributed by atoms with Crippen LogP contribution in [-0.4, -0.2) is 125 Å². The van der Waals surface area contributed by atoms with Crippen LogP contribution in [0.15, 0.2) is 55.3 Å². The van der Waals surface area contributed by atoms with E-state index in [1.165, 1.54) is 0 Å². The van der Waals surface area contributed by atoms with Crippen molar-refractivity contribution in [3.8, 4) is 11.5 Å². The van der Waals surface area contributed by atoms with Gasteiger partial charge in [-0.3, -0.25) is 19.8 Å². The van der Waals surface area contributed by atoms with Gasteiger partial charge in [-0.05, 0) is 63.1 Å². The maximum atomic E-state index is 11.5. The van der Waals surface area contributed by atoms with Crippen molar-refractivity contribution >= 4 is 68.2 Å². The molecule has 55 heavy (non-hydrogen) atoms. The second-order valence-corrected chi connectivity index (χ2v) is 12.1. The molecule has 307 valence electrons. The molecule has 21 heteroatoms. The summed E-state index contributed by atoms with van der Waals surface area (Å²) in [7, 11) is 0. The Morgan fingerprint density at radius 3 is 1.11 bits per heavy atom. The minimum absolute atomic E-state index is 0. The molecule has 4 rings (SSSR count). The van der Waals surface area contributed by atoms with E-state index in [2.05, 4.69) is 51.6 Å². The van der Waals surface area contributed by atoms with Crippen molar-refractivity contribution in [2.24, 2.45) is 9.98 Å². The molecule has 2 heterocycles. The number of morpholine rings is 2. The third-order valence-corrected chi connectivity index (χ3v) is 6.69. The van der Waals surface area contributed by atoms with E-state index in [-0.39, 0.29) is 62.7 Å². The van der Waals surface area contributed by atoms with E-state index in [9.17, 15) is 10.2 Å². The van der Waals surface area contributed by atoms with Crippen molar-refractivity contribution in [1.82, 2.24) is 9.80 Å². The molecule has 0 bridgehead atoms. The van der Waals surface area contributed by atoms with Crippen LogP contribution in [0.25, 0.3) is 0 Å². The molecule has 0 aromatic heterocycles. The number of hydrogen-bond donors (Lipinski definition) is 0. The minimum atomic E-state index is -1.08. The van der Waals surface area contributed by atoms with Crippen molar-refractivity contribution in [2.75, 3.05) is 78.8 Å². The number of benzene rings is 2. The molecule has 0 aliphatic carbocycles. The minimum Gasteiger partial charge on any atom is -0.872 e. The second-order valence-electron chi connectivity index (χ2n) is 10.3. The quantitative estimate of drug-likeness (QED) is 0.197. The number of aliphatic carboxylic acids is 4. The number of ether oxygens (including phenoxy) is 2. The third kappa shape index (κ3) is 44.2. The predicted octanol–water partition coefficient (Wildman–Crippen LogP) is -2.44. The Morgan fingerprint density at radius 1 is 0.600 bits per heavy atom. The van der Waals surface area contributed by atoms with E-state index in [1.54, 1.807) is 48.8 Å². The van der Waals surface area contributed by atoms with Gasteiger partial charge in [-0.15, -0.1) is 0 Å². The van der Waals surface area contributed by atoms with Gasteiger partial charge >= 0.3 is 51.2 Å². The van der Waals surface area contributed by atoms with E-state index >= 15 is 0 Å². The zero-order chi connectivity index (χ0) is 39.9. The largest absolute Gasteiger partial charge is 2.00 e. The van der Waals surface area contributed by atoms with Gasteiger partial charge in [0.25, 0.3) is 0 Å². The number of carbonyl (C=O) groups excluding carboxylic acids is 4. The third-order valence-electron chi connectivity index (χ3n) is 5.70. The number of nitrogens with zero attached hydrogens (tertiary/aromatic N) is 4. The van der Waals surface area contributed by atoms with Crippen molar-refractivity contribution in [1.29, 1.82) is 0 Å². The first kappa shape index (κ1) is 61.8. The van der Waals surface area contributed by atoms with Crippen molar-refractivity contribution in [3.63, 3.8) is 0 Å². The summed E-state index contributed by atoms with van der Waals surface area (Å²) in [5.41, 5.74) is 1.26. The van der Waals surface area contributed by atoms with E-state index in [0.717, 1.165) is 102 Å². The van der Waals surface area contributed by atoms with Gasteiger partial charge in [0.2, 0.25) is 0 Å². The number of hydrogen-bond acceptors (Lipinski definition) is 16. The normalized spacial score (nSPS) is 13.2. The van der Waals surface area contributed by atoms with Crippen LogP contribution in [0.1, 0.15) is 38.8 Å². The average Bonchev–Trinajstić information content (AvgIpc) is 3.05. The molecule has 3 radical (unpaired) electrons. The number of carboxylic acid groups (broad SMARTS) is 4. The molecule has 2 saturated heterocycles. The van der Waals surface area contributed by atoms with Crippen LogP contribution < -0.4 is 30.6 Å². The second kappa shape index (κ2) is 39.8. The molecule has 2 aliphatic heterocycles. The number of rotatable bonds is 8. The smallest absolute Gasteiger partial charge is 0.872 e. The summed E-state index contributed by atoms with van der Waals surface area (Å²) in [6.07, 6.45) is 3.32. The van der Waals surface area contributed by atoms with Gasteiger partial charge in [0.1, 0.15) is 0 Å². The first-order chi connectivity index (χ1) is 24.4. The van der Waals surface area contributed by atoms with Crippen LogP contribution in [0, 0.1) is 0 Å². The molecule has 2 aliphatic rings. The van der Waals surface area contributed by atoms with E-state index < -0.39 is 23.9 Å². The Bertz CT molecular complexity index is 1260. The Kier molecular flexibility index (Phi) is 44.8. The fourth-order valence-corrected chi connectivity index (χ4v) is 4.37. The topological polar surface area (TPSA) is 256 Å². The molecule has 2 aromatic rings. The first-order valence-corrected chi connectivity index (χ1v) is 17.3. The SMILES string of the molecule is CC(=O)[O-].CC(=O)[O-].CC(=O)[O-].CC(=O)[O-].[Mn+2].[Mn+2].[Mn+2].[O-]c1ccc(Br)cc1C=NCCN1CCOCC1.[O-]c1ccc(Br)cc1C=NCCN1CCOCC1. The fourth-order valence-electron chi connectivity index (χ4n) is 3.61. The Labute approximate surface area is 370 Å². The fraction of sp³-hybridized carbons (Fsp3) is 0.471.